The monoisotopic (exact) mass is 867 g/mol. The molecule has 3 aromatic carbocycles. The molecule has 6 atom stereocenters. The molecule has 1 amide bonds. The molecule has 1 aliphatic heterocycles. The fourth-order valence-corrected chi connectivity index (χ4v) is 9.29. The summed E-state index contributed by atoms with van der Waals surface area (Å²) in [5.41, 5.74) is 2.89. The highest BCUT2D eigenvalue weighted by atomic mass is 19.1. The van der Waals surface area contributed by atoms with Crippen molar-refractivity contribution in [1.29, 1.82) is 5.26 Å². The van der Waals surface area contributed by atoms with Crippen LogP contribution in [0.1, 0.15) is 98.7 Å². The Kier molecular flexibility index (Phi) is 16.5. The second kappa shape index (κ2) is 22.0. The number of unbranched alkanes of at least 4 members (excludes halogenated alkanes) is 2. The largest absolute Gasteiger partial charge is 0.489 e. The molecule has 0 radical (unpaired) electrons. The third-order valence-corrected chi connectivity index (χ3v) is 12.0. The molecule has 2 aliphatic carbocycles. The number of ether oxygens (including phenoxy) is 4. The molecule has 63 heavy (non-hydrogen) atoms. The Morgan fingerprint density at radius 2 is 1.76 bits per heavy atom. The van der Waals surface area contributed by atoms with Gasteiger partial charge in [-0.3, -0.25) is 4.79 Å². The fraction of sp³-hybridized carbons (Fsp3) is 0.500. The van der Waals surface area contributed by atoms with Gasteiger partial charge < -0.3 is 44.0 Å². The number of halogens is 1. The predicted octanol–water partition coefficient (Wildman–Crippen LogP) is 7.86. The van der Waals surface area contributed by atoms with E-state index in [1.54, 1.807) is 59.5 Å². The predicted molar refractivity (Wildman–Crippen MR) is 237 cm³/mol. The van der Waals surface area contributed by atoms with Gasteiger partial charge in [0.1, 0.15) is 35.6 Å². The van der Waals surface area contributed by atoms with Crippen LogP contribution in [0.2, 0.25) is 0 Å². The summed E-state index contributed by atoms with van der Waals surface area (Å²) in [5.74, 6) is -2.07. The maximum Gasteiger partial charge on any atom is 0.254 e. The van der Waals surface area contributed by atoms with Gasteiger partial charge in [-0.15, -0.1) is 6.58 Å². The minimum Gasteiger partial charge on any atom is -0.489 e. The van der Waals surface area contributed by atoms with Crippen LogP contribution in [-0.2, 0) is 20.9 Å². The number of nitrogens with zero attached hydrogens (tertiary/aromatic N) is 3. The van der Waals surface area contributed by atoms with Crippen molar-refractivity contribution < 1.29 is 48.3 Å². The summed E-state index contributed by atoms with van der Waals surface area (Å²) in [4.78, 5) is 23.0. The maximum atomic E-state index is 15.0. The molecular weight excluding hydrogens is 806 g/mol. The van der Waals surface area contributed by atoms with E-state index in [-0.39, 0.29) is 88.7 Å². The highest BCUT2D eigenvalue weighted by Gasteiger charge is 2.65. The van der Waals surface area contributed by atoms with E-state index in [4.69, 9.17) is 28.9 Å². The zero-order valence-electron chi connectivity index (χ0n) is 36.7. The number of fused-ring (bicyclic) bond motifs is 2. The number of aliphatic hydroxyl groups excluding tert-OH is 3. The summed E-state index contributed by atoms with van der Waals surface area (Å²) in [6, 6.07) is 19.9. The number of oxime groups is 1. The lowest BCUT2D eigenvalue weighted by Crippen LogP contribution is -2.70. The molecule has 0 aromatic heterocycles. The molecule has 0 bridgehead atoms. The number of amides is 1. The van der Waals surface area contributed by atoms with E-state index in [0.717, 1.165) is 36.8 Å². The number of benzene rings is 3. The van der Waals surface area contributed by atoms with Crippen LogP contribution in [0.3, 0.4) is 0 Å². The van der Waals surface area contributed by atoms with Crippen molar-refractivity contribution in [2.24, 2.45) is 22.9 Å². The van der Waals surface area contributed by atoms with Crippen LogP contribution in [0.4, 0.5) is 4.39 Å². The van der Waals surface area contributed by atoms with Gasteiger partial charge in [-0.1, -0.05) is 48.3 Å². The standard InChI is InChI=1S/C50H62FN3O9/c1-5-26-61-50-45(54(22-27-59-28-25-57)48(58)35-18-16-34(32-52)17-19-35)31-43(53-63-49(2,3)4)40-29-36(12-8-10-23-55)39(14-9-11-24-56)46(47(40)50)41-30-38(20-21-44(41)62-50)60-33-37-13-6-7-15-42(37)51/h5-7,13,15-21,29-30,36,39,45-47,55-57H,1,8-12,14,22-28,31,33H2,2-4H3. The Bertz CT molecular complexity index is 2110. The average Bonchev–Trinajstić information content (AvgIpc) is 3.28. The lowest BCUT2D eigenvalue weighted by atomic mass is 9.55. The summed E-state index contributed by atoms with van der Waals surface area (Å²) >= 11 is 0. The van der Waals surface area contributed by atoms with E-state index in [1.165, 1.54) is 6.07 Å². The number of aliphatic hydroxyl groups is 3. The Balaban J connectivity index is 1.60. The molecule has 0 spiro atoms. The van der Waals surface area contributed by atoms with E-state index >= 15 is 4.79 Å². The van der Waals surface area contributed by atoms with Crippen LogP contribution in [0.15, 0.2) is 96.2 Å². The first-order chi connectivity index (χ1) is 30.5. The number of rotatable bonds is 22. The van der Waals surface area contributed by atoms with E-state index in [1.807, 2.05) is 32.9 Å². The smallest absolute Gasteiger partial charge is 0.254 e. The van der Waals surface area contributed by atoms with Crippen LogP contribution >= 0.6 is 0 Å². The lowest BCUT2D eigenvalue weighted by molar-refractivity contribution is -0.254. The number of hydrogen-bond donors (Lipinski definition) is 3. The van der Waals surface area contributed by atoms with Crippen molar-refractivity contribution in [3.05, 3.63) is 119 Å². The minimum absolute atomic E-state index is 0.00938. The van der Waals surface area contributed by atoms with Gasteiger partial charge in [-0.05, 0) is 112 Å². The Labute approximate surface area is 370 Å². The highest BCUT2D eigenvalue weighted by Crippen LogP contribution is 2.62. The third kappa shape index (κ3) is 11.2. The van der Waals surface area contributed by atoms with Crippen molar-refractivity contribution >= 4 is 11.6 Å². The maximum absolute atomic E-state index is 15.0. The van der Waals surface area contributed by atoms with Gasteiger partial charge in [0.15, 0.2) is 0 Å². The summed E-state index contributed by atoms with van der Waals surface area (Å²) in [6.07, 6.45) is 8.39. The molecule has 6 rings (SSSR count). The van der Waals surface area contributed by atoms with E-state index in [9.17, 15) is 25.0 Å². The number of allylic oxidation sites excluding steroid dienone is 1. The van der Waals surface area contributed by atoms with Crippen molar-refractivity contribution in [2.75, 3.05) is 46.2 Å². The molecule has 3 aromatic rings. The molecule has 13 heteroatoms. The molecule has 0 saturated heterocycles. The molecule has 12 nitrogen and oxygen atoms in total. The summed E-state index contributed by atoms with van der Waals surface area (Å²) in [7, 11) is 0. The van der Waals surface area contributed by atoms with Gasteiger partial charge in [0.25, 0.3) is 5.91 Å². The summed E-state index contributed by atoms with van der Waals surface area (Å²) in [5, 5.41) is 43.9. The van der Waals surface area contributed by atoms with Crippen molar-refractivity contribution in [3.8, 4) is 17.6 Å². The first-order valence-corrected chi connectivity index (χ1v) is 22.1. The molecule has 1 fully saturated rings. The molecule has 338 valence electrons. The fourth-order valence-electron chi connectivity index (χ4n) is 9.29. The SMILES string of the molecule is C=CCOC12Oc3ccc(OCc4ccccc4F)cc3C3C(CCCCO)C(CCCCO)C=C(C(=NOC(C)(C)C)CC1N(CCOCCO)C(=O)c1ccc(C#N)cc1)C32. The van der Waals surface area contributed by atoms with Crippen molar-refractivity contribution in [1.82, 2.24) is 4.90 Å². The van der Waals surface area contributed by atoms with Crippen molar-refractivity contribution in [2.45, 2.75) is 95.7 Å². The van der Waals surface area contributed by atoms with E-state index < -0.39 is 23.3 Å². The Morgan fingerprint density at radius 1 is 1.02 bits per heavy atom. The molecule has 1 saturated carbocycles. The first-order valence-electron chi connectivity index (χ1n) is 22.1. The van der Waals surface area contributed by atoms with Gasteiger partial charge in [0, 0.05) is 48.8 Å². The number of hydrogen-bond acceptors (Lipinski definition) is 11. The lowest BCUT2D eigenvalue weighted by Gasteiger charge is -2.60. The Hall–Kier alpha value is -5.10. The third-order valence-electron chi connectivity index (χ3n) is 12.0. The van der Waals surface area contributed by atoms with Gasteiger partial charge in [-0.2, -0.15) is 5.26 Å². The average molecular weight is 868 g/mol. The summed E-state index contributed by atoms with van der Waals surface area (Å²) < 4.78 is 41.3. The van der Waals surface area contributed by atoms with Gasteiger partial charge in [0.2, 0.25) is 5.79 Å². The highest BCUT2D eigenvalue weighted by molar-refractivity contribution is 6.03. The number of carbonyl (C=O) groups is 1. The second-order valence-corrected chi connectivity index (χ2v) is 17.4. The Morgan fingerprint density at radius 3 is 2.44 bits per heavy atom. The minimum atomic E-state index is -1.53. The molecular formula is C50H62FN3O9. The zero-order valence-corrected chi connectivity index (χ0v) is 36.7. The van der Waals surface area contributed by atoms with Crippen LogP contribution in [0.25, 0.3) is 0 Å². The number of carbonyl (C=O) groups excluding carboxylic acids is 1. The topological polar surface area (TPSA) is 163 Å². The van der Waals surface area contributed by atoms with Crippen LogP contribution in [0, 0.1) is 34.9 Å². The number of nitriles is 1. The van der Waals surface area contributed by atoms with Crippen LogP contribution in [-0.4, -0.2) is 95.5 Å². The normalized spacial score (nSPS) is 23.1. The quantitative estimate of drug-likeness (QED) is 0.0515. The van der Waals surface area contributed by atoms with Gasteiger partial charge in [0.05, 0.1) is 49.7 Å². The van der Waals surface area contributed by atoms with Crippen LogP contribution in [0.5, 0.6) is 11.5 Å². The molecule has 1 heterocycles. The molecule has 6 unspecified atom stereocenters. The molecule has 3 N–H and O–H groups in total. The zero-order chi connectivity index (χ0) is 45.0. The van der Waals surface area contributed by atoms with Crippen LogP contribution < -0.4 is 9.47 Å². The molecule has 3 aliphatic rings. The first kappa shape index (κ1) is 47.4. The van der Waals surface area contributed by atoms with Crippen molar-refractivity contribution in [3.63, 3.8) is 0 Å². The van der Waals surface area contributed by atoms with Gasteiger partial charge in [-0.25, -0.2) is 4.39 Å². The van der Waals surface area contributed by atoms with E-state index in [2.05, 4.69) is 18.7 Å². The van der Waals surface area contributed by atoms with Gasteiger partial charge >= 0.3 is 0 Å². The second-order valence-electron chi connectivity index (χ2n) is 17.4. The summed E-state index contributed by atoms with van der Waals surface area (Å²) in [6.45, 7) is 10.0. The van der Waals surface area contributed by atoms with E-state index in [0.29, 0.717) is 46.7 Å².